The van der Waals surface area contributed by atoms with Crippen LogP contribution in [0, 0.1) is 6.92 Å². The molecule has 0 radical (unpaired) electrons. The minimum Gasteiger partial charge on any atom is -0.366 e. The van der Waals surface area contributed by atoms with Crippen molar-refractivity contribution >= 4 is 17.5 Å². The Balaban J connectivity index is 2.14. The fourth-order valence-corrected chi connectivity index (χ4v) is 2.04. The second kappa shape index (κ2) is 5.18. The van der Waals surface area contributed by atoms with Gasteiger partial charge in [-0.25, -0.2) is 0 Å². The summed E-state index contributed by atoms with van der Waals surface area (Å²) in [6, 6.07) is 4.91. The number of primary amides is 1. The van der Waals surface area contributed by atoms with Gasteiger partial charge in [-0.1, -0.05) is 6.07 Å². The lowest BCUT2D eigenvalue weighted by Crippen LogP contribution is -2.35. The summed E-state index contributed by atoms with van der Waals surface area (Å²) in [5.41, 5.74) is 7.17. The molecule has 1 aliphatic heterocycles. The average molecular weight is 247 g/mol. The SMILES string of the molecule is Cc1ccc(C(N)=O)cc1NC(=O)C1CCCN1. The van der Waals surface area contributed by atoms with Crippen LogP contribution in [0.2, 0.25) is 0 Å². The lowest BCUT2D eigenvalue weighted by molar-refractivity contribution is -0.117. The lowest BCUT2D eigenvalue weighted by atomic mass is 10.1. The third-order valence-corrected chi connectivity index (χ3v) is 3.16. The molecule has 1 fully saturated rings. The second-order valence-electron chi connectivity index (χ2n) is 4.53. The van der Waals surface area contributed by atoms with Crippen molar-refractivity contribution in [2.45, 2.75) is 25.8 Å². The van der Waals surface area contributed by atoms with E-state index in [-0.39, 0.29) is 11.9 Å². The van der Waals surface area contributed by atoms with Crippen molar-refractivity contribution in [2.24, 2.45) is 5.73 Å². The molecular weight excluding hydrogens is 230 g/mol. The predicted octanol–water partition coefficient (Wildman–Crippen LogP) is 0.784. The van der Waals surface area contributed by atoms with Gasteiger partial charge in [0.05, 0.1) is 6.04 Å². The van der Waals surface area contributed by atoms with Gasteiger partial charge in [0, 0.05) is 11.3 Å². The van der Waals surface area contributed by atoms with Crippen LogP contribution < -0.4 is 16.4 Å². The molecule has 1 heterocycles. The predicted molar refractivity (Wildman–Crippen MR) is 69.4 cm³/mol. The number of rotatable bonds is 3. The summed E-state index contributed by atoms with van der Waals surface area (Å²) in [7, 11) is 0. The number of nitrogens with two attached hydrogens (primary N) is 1. The van der Waals surface area contributed by atoms with E-state index in [1.807, 2.05) is 6.92 Å². The monoisotopic (exact) mass is 247 g/mol. The maximum atomic E-state index is 12.0. The van der Waals surface area contributed by atoms with Crippen molar-refractivity contribution in [3.8, 4) is 0 Å². The van der Waals surface area contributed by atoms with Gasteiger partial charge < -0.3 is 16.4 Å². The third kappa shape index (κ3) is 2.68. The Kier molecular flexibility index (Phi) is 3.62. The molecule has 96 valence electrons. The second-order valence-corrected chi connectivity index (χ2v) is 4.53. The van der Waals surface area contributed by atoms with Crippen molar-refractivity contribution in [1.82, 2.24) is 5.32 Å². The molecule has 1 atom stereocenters. The van der Waals surface area contributed by atoms with Gasteiger partial charge in [-0.3, -0.25) is 9.59 Å². The van der Waals surface area contributed by atoms with Crippen LogP contribution in [0.5, 0.6) is 0 Å². The van der Waals surface area contributed by atoms with E-state index in [2.05, 4.69) is 10.6 Å². The summed E-state index contributed by atoms with van der Waals surface area (Å²) >= 11 is 0. The maximum Gasteiger partial charge on any atom is 0.248 e. The molecule has 4 N–H and O–H groups in total. The van der Waals surface area contributed by atoms with Crippen molar-refractivity contribution in [2.75, 3.05) is 11.9 Å². The van der Waals surface area contributed by atoms with Gasteiger partial charge in [0.25, 0.3) is 0 Å². The zero-order valence-corrected chi connectivity index (χ0v) is 10.3. The summed E-state index contributed by atoms with van der Waals surface area (Å²) in [4.78, 5) is 23.1. The zero-order chi connectivity index (χ0) is 13.1. The van der Waals surface area contributed by atoms with Gasteiger partial charge in [-0.15, -0.1) is 0 Å². The largest absolute Gasteiger partial charge is 0.366 e. The van der Waals surface area contributed by atoms with Crippen molar-refractivity contribution in [3.05, 3.63) is 29.3 Å². The van der Waals surface area contributed by atoms with Crippen LogP contribution in [0.4, 0.5) is 5.69 Å². The van der Waals surface area contributed by atoms with Crippen LogP contribution in [-0.2, 0) is 4.79 Å². The van der Waals surface area contributed by atoms with Crippen LogP contribution in [0.25, 0.3) is 0 Å². The molecule has 2 amide bonds. The number of carbonyl (C=O) groups is 2. The lowest BCUT2D eigenvalue weighted by Gasteiger charge is -2.13. The Hall–Kier alpha value is -1.88. The van der Waals surface area contributed by atoms with Crippen LogP contribution in [0.3, 0.4) is 0 Å². The van der Waals surface area contributed by atoms with Gasteiger partial charge in [0.2, 0.25) is 11.8 Å². The van der Waals surface area contributed by atoms with Gasteiger partial charge in [-0.2, -0.15) is 0 Å². The molecule has 1 aliphatic rings. The number of nitrogens with one attached hydrogen (secondary N) is 2. The summed E-state index contributed by atoms with van der Waals surface area (Å²) in [6.07, 6.45) is 1.86. The highest BCUT2D eigenvalue weighted by molar-refractivity contribution is 5.98. The molecule has 1 unspecified atom stereocenters. The molecular formula is C13H17N3O2. The van der Waals surface area contributed by atoms with Gasteiger partial charge in [-0.05, 0) is 44.0 Å². The van der Waals surface area contributed by atoms with E-state index in [1.165, 1.54) is 0 Å². The first-order valence-corrected chi connectivity index (χ1v) is 6.02. The number of hydrogen-bond acceptors (Lipinski definition) is 3. The standard InChI is InChI=1S/C13H17N3O2/c1-8-4-5-9(12(14)17)7-11(8)16-13(18)10-3-2-6-15-10/h4-5,7,10,15H,2-3,6H2,1H3,(H2,14,17)(H,16,18). The fraction of sp³-hybridized carbons (Fsp3) is 0.385. The summed E-state index contributed by atoms with van der Waals surface area (Å²) < 4.78 is 0. The number of hydrogen-bond donors (Lipinski definition) is 3. The first-order chi connectivity index (χ1) is 8.58. The average Bonchev–Trinajstić information content (AvgIpc) is 2.85. The molecule has 0 aromatic heterocycles. The maximum absolute atomic E-state index is 12.0. The number of amides is 2. The van der Waals surface area contributed by atoms with Gasteiger partial charge in [0.1, 0.15) is 0 Å². The minimum atomic E-state index is -0.496. The Labute approximate surface area is 106 Å². The van der Waals surface area contributed by atoms with Crippen molar-refractivity contribution in [1.29, 1.82) is 0 Å². The van der Waals surface area contributed by atoms with Crippen LogP contribution in [-0.4, -0.2) is 24.4 Å². The summed E-state index contributed by atoms with van der Waals surface area (Å²) in [6.45, 7) is 2.75. The molecule has 1 aromatic rings. The topological polar surface area (TPSA) is 84.2 Å². The van der Waals surface area contributed by atoms with Crippen molar-refractivity contribution < 1.29 is 9.59 Å². The van der Waals surface area contributed by atoms with E-state index < -0.39 is 5.91 Å². The molecule has 5 nitrogen and oxygen atoms in total. The highest BCUT2D eigenvalue weighted by atomic mass is 16.2. The fourth-order valence-electron chi connectivity index (χ4n) is 2.04. The van der Waals surface area contributed by atoms with E-state index in [4.69, 9.17) is 5.73 Å². The van der Waals surface area contributed by atoms with Crippen LogP contribution >= 0.6 is 0 Å². The molecule has 1 aromatic carbocycles. The van der Waals surface area contributed by atoms with Crippen LogP contribution in [0.1, 0.15) is 28.8 Å². The van der Waals surface area contributed by atoms with Gasteiger partial charge in [0.15, 0.2) is 0 Å². The minimum absolute atomic E-state index is 0.0581. The molecule has 5 heteroatoms. The Morgan fingerprint density at radius 2 is 2.22 bits per heavy atom. The number of benzene rings is 1. The molecule has 0 saturated carbocycles. The highest BCUT2D eigenvalue weighted by Crippen LogP contribution is 2.18. The number of aryl methyl sites for hydroxylation is 1. The Morgan fingerprint density at radius 3 is 2.83 bits per heavy atom. The molecule has 0 bridgehead atoms. The van der Waals surface area contributed by atoms with E-state index in [9.17, 15) is 9.59 Å². The molecule has 1 saturated heterocycles. The summed E-state index contributed by atoms with van der Waals surface area (Å²) in [5, 5.41) is 5.97. The molecule has 18 heavy (non-hydrogen) atoms. The zero-order valence-electron chi connectivity index (χ0n) is 10.3. The van der Waals surface area contributed by atoms with Crippen molar-refractivity contribution in [3.63, 3.8) is 0 Å². The first-order valence-electron chi connectivity index (χ1n) is 6.02. The molecule has 0 aliphatic carbocycles. The quantitative estimate of drug-likeness (QED) is 0.738. The van der Waals surface area contributed by atoms with E-state index in [0.29, 0.717) is 11.3 Å². The van der Waals surface area contributed by atoms with Gasteiger partial charge >= 0.3 is 0 Å². The molecule has 2 rings (SSSR count). The Morgan fingerprint density at radius 1 is 1.44 bits per heavy atom. The summed E-state index contributed by atoms with van der Waals surface area (Å²) in [5.74, 6) is -0.554. The Bertz CT molecular complexity index is 479. The number of anilines is 1. The smallest absolute Gasteiger partial charge is 0.248 e. The van der Waals surface area contributed by atoms with E-state index in [1.54, 1.807) is 18.2 Å². The normalized spacial score (nSPS) is 18.6. The first kappa shape index (κ1) is 12.6. The number of carbonyl (C=O) groups excluding carboxylic acids is 2. The molecule has 0 spiro atoms. The van der Waals surface area contributed by atoms with Crippen LogP contribution in [0.15, 0.2) is 18.2 Å². The third-order valence-electron chi connectivity index (χ3n) is 3.16. The highest BCUT2D eigenvalue weighted by Gasteiger charge is 2.22. The van der Waals surface area contributed by atoms with E-state index in [0.717, 1.165) is 24.9 Å². The van der Waals surface area contributed by atoms with E-state index >= 15 is 0 Å².